The lowest BCUT2D eigenvalue weighted by Gasteiger charge is -1.74. The molecule has 12 heteroatoms. The zero-order chi connectivity index (χ0) is 19.7. The zero-order valence-corrected chi connectivity index (χ0v) is 11.6. The maximum absolute atomic E-state index is 9.55. The summed E-state index contributed by atoms with van der Waals surface area (Å²) in [5.41, 5.74) is 0. The van der Waals surface area contributed by atoms with Gasteiger partial charge in [-0.2, -0.15) is 0 Å². The molecule has 132 valence electrons. The summed E-state index contributed by atoms with van der Waals surface area (Å²) in [6.07, 6.45) is 3.35. The number of carboxylic acid groups (broad SMARTS) is 6. The molecule has 0 rings (SSSR count). The van der Waals surface area contributed by atoms with E-state index in [1.54, 1.807) is 0 Å². The Balaban J connectivity index is -0.000000276. The van der Waals surface area contributed by atoms with Crippen LogP contribution in [0.15, 0.2) is 36.5 Å². The van der Waals surface area contributed by atoms with Crippen LogP contribution in [0.2, 0.25) is 0 Å². The van der Waals surface area contributed by atoms with Crippen molar-refractivity contribution >= 4 is 35.8 Å². The third kappa shape index (κ3) is 43.0. The Bertz CT molecular complexity index is 438. The molecule has 0 spiro atoms. The summed E-state index contributed by atoms with van der Waals surface area (Å²) in [6.45, 7) is 0. The molecule has 0 heterocycles. The average Bonchev–Trinajstić information content (AvgIpc) is 2.42. The van der Waals surface area contributed by atoms with E-state index in [1.807, 2.05) is 0 Å². The van der Waals surface area contributed by atoms with E-state index < -0.39 is 35.8 Å². The second-order valence-corrected chi connectivity index (χ2v) is 3.03. The molecule has 0 aliphatic carbocycles. The number of rotatable bonds is 6. The molecule has 0 aliphatic rings. The van der Waals surface area contributed by atoms with E-state index in [-0.39, 0.29) is 0 Å². The number of hydrogen-bond donors (Lipinski definition) is 6. The maximum atomic E-state index is 9.55. The molecule has 0 saturated carbocycles. The van der Waals surface area contributed by atoms with Gasteiger partial charge in [0.05, 0.1) is 0 Å². The molecule has 0 amide bonds. The van der Waals surface area contributed by atoms with Gasteiger partial charge in [0.1, 0.15) is 0 Å². The highest BCUT2D eigenvalue weighted by molar-refractivity contribution is 5.90. The van der Waals surface area contributed by atoms with Gasteiger partial charge >= 0.3 is 35.8 Å². The molecule has 0 unspecified atom stereocenters. The molecular weight excluding hydrogens is 336 g/mol. The van der Waals surface area contributed by atoms with Crippen molar-refractivity contribution in [3.63, 3.8) is 0 Å². The lowest BCUT2D eigenvalue weighted by Crippen LogP contribution is -1.91. The molecule has 0 radical (unpaired) electrons. The Hall–Kier alpha value is -3.96. The van der Waals surface area contributed by atoms with E-state index in [9.17, 15) is 28.8 Å². The quantitative estimate of drug-likeness (QED) is 0.322. The van der Waals surface area contributed by atoms with Crippen molar-refractivity contribution in [1.82, 2.24) is 0 Å². The molecule has 24 heavy (non-hydrogen) atoms. The molecule has 0 aliphatic heterocycles. The molecular formula is C12H12O12. The molecule has 0 fully saturated rings. The zero-order valence-electron chi connectivity index (χ0n) is 11.6. The molecule has 0 aromatic rings. The maximum Gasteiger partial charge on any atom is 0.328 e. The minimum atomic E-state index is -1.26. The minimum Gasteiger partial charge on any atom is -0.478 e. The highest BCUT2D eigenvalue weighted by Gasteiger charge is 1.89. The number of aliphatic carboxylic acids is 6. The van der Waals surface area contributed by atoms with Crippen molar-refractivity contribution in [3.8, 4) is 0 Å². The Morgan fingerprint density at radius 2 is 0.417 bits per heavy atom. The van der Waals surface area contributed by atoms with E-state index in [0.717, 1.165) is 0 Å². The lowest BCUT2D eigenvalue weighted by atomic mass is 10.5. The van der Waals surface area contributed by atoms with Crippen molar-refractivity contribution < 1.29 is 59.4 Å². The van der Waals surface area contributed by atoms with Gasteiger partial charge in [0.2, 0.25) is 0 Å². The number of carbonyl (C=O) groups is 6. The van der Waals surface area contributed by atoms with Crippen LogP contribution >= 0.6 is 0 Å². The lowest BCUT2D eigenvalue weighted by molar-refractivity contribution is -0.134. The van der Waals surface area contributed by atoms with Gasteiger partial charge in [-0.25, -0.2) is 28.8 Å². The topological polar surface area (TPSA) is 224 Å². The van der Waals surface area contributed by atoms with Crippen LogP contribution in [0.25, 0.3) is 0 Å². The van der Waals surface area contributed by atoms with Gasteiger partial charge in [0.15, 0.2) is 0 Å². The number of carboxylic acids is 6. The van der Waals surface area contributed by atoms with Gasteiger partial charge in [0, 0.05) is 36.5 Å². The van der Waals surface area contributed by atoms with Crippen molar-refractivity contribution in [2.45, 2.75) is 0 Å². The van der Waals surface area contributed by atoms with E-state index in [1.165, 1.54) is 0 Å². The second kappa shape index (κ2) is 15.4. The second-order valence-electron chi connectivity index (χ2n) is 3.03. The number of hydrogen-bond acceptors (Lipinski definition) is 6. The molecule has 0 atom stereocenters. The predicted molar refractivity (Wildman–Crippen MR) is 73.2 cm³/mol. The Morgan fingerprint density at radius 3 is 0.458 bits per heavy atom. The van der Waals surface area contributed by atoms with E-state index in [2.05, 4.69) is 0 Å². The first-order valence-corrected chi connectivity index (χ1v) is 5.30. The minimum absolute atomic E-state index is 0.558. The van der Waals surface area contributed by atoms with Crippen LogP contribution in [0.1, 0.15) is 0 Å². The summed E-state index contributed by atoms with van der Waals surface area (Å²) < 4.78 is 0. The smallest absolute Gasteiger partial charge is 0.328 e. The van der Waals surface area contributed by atoms with Crippen molar-refractivity contribution in [3.05, 3.63) is 36.5 Å². The fourth-order valence-corrected chi connectivity index (χ4v) is 0.428. The third-order valence-electron chi connectivity index (χ3n) is 1.11. The summed E-state index contributed by atoms with van der Waals surface area (Å²) in [4.78, 5) is 57.3. The van der Waals surface area contributed by atoms with Gasteiger partial charge in [-0.15, -0.1) is 0 Å². The van der Waals surface area contributed by atoms with Crippen LogP contribution in [0.5, 0.6) is 0 Å². The highest BCUT2D eigenvalue weighted by atomic mass is 16.4. The summed E-state index contributed by atoms with van der Waals surface area (Å²) in [5, 5.41) is 46.9. The first-order chi connectivity index (χ1) is 10.9. The van der Waals surface area contributed by atoms with Gasteiger partial charge in [-0.3, -0.25) is 0 Å². The SMILES string of the molecule is O=C(O)/C=C\C(=O)O.O=C(O)/C=C\C(=O)O.O=C(O)C=CC(=O)O. The largest absolute Gasteiger partial charge is 0.478 e. The van der Waals surface area contributed by atoms with Gasteiger partial charge in [-0.1, -0.05) is 0 Å². The summed E-state index contributed by atoms with van der Waals surface area (Å²) in [7, 11) is 0. The molecule has 0 aromatic heterocycles. The highest BCUT2D eigenvalue weighted by Crippen LogP contribution is 1.71. The van der Waals surface area contributed by atoms with Crippen LogP contribution in [0.3, 0.4) is 0 Å². The fraction of sp³-hybridized carbons (Fsp3) is 0. The monoisotopic (exact) mass is 348 g/mol. The fourth-order valence-electron chi connectivity index (χ4n) is 0.428. The van der Waals surface area contributed by atoms with E-state index in [0.29, 0.717) is 36.5 Å². The van der Waals surface area contributed by atoms with Crippen LogP contribution in [0, 0.1) is 0 Å². The third-order valence-corrected chi connectivity index (χ3v) is 1.11. The molecule has 12 nitrogen and oxygen atoms in total. The van der Waals surface area contributed by atoms with Crippen LogP contribution < -0.4 is 0 Å². The summed E-state index contributed by atoms with van der Waals surface area (Å²) in [5.74, 6) is -7.54. The molecule has 0 aromatic carbocycles. The normalized spacial score (nSPS) is 9.50. The molecule has 0 bridgehead atoms. The van der Waals surface area contributed by atoms with Gasteiger partial charge in [0.25, 0.3) is 0 Å². The first kappa shape index (κ1) is 25.0. The van der Waals surface area contributed by atoms with Gasteiger partial charge < -0.3 is 30.6 Å². The average molecular weight is 348 g/mol. The van der Waals surface area contributed by atoms with Gasteiger partial charge in [-0.05, 0) is 0 Å². The Morgan fingerprint density at radius 1 is 0.333 bits per heavy atom. The standard InChI is InChI=1S/3C4H4O4/c3*5-3(6)1-2-4(7)8/h3*1-2H,(H,5,6)(H,7,8)/b2*2-1-;. The summed E-state index contributed by atoms with van der Waals surface area (Å²) in [6, 6.07) is 0. The van der Waals surface area contributed by atoms with Crippen molar-refractivity contribution in [1.29, 1.82) is 0 Å². The van der Waals surface area contributed by atoms with Crippen molar-refractivity contribution in [2.24, 2.45) is 0 Å². The Labute approximate surface area is 132 Å². The first-order valence-electron chi connectivity index (χ1n) is 5.30. The van der Waals surface area contributed by atoms with Crippen LogP contribution in [-0.4, -0.2) is 66.5 Å². The van der Waals surface area contributed by atoms with Crippen molar-refractivity contribution in [2.75, 3.05) is 0 Å². The van der Waals surface area contributed by atoms with Crippen LogP contribution in [-0.2, 0) is 28.8 Å². The Kier molecular flexibility index (Phi) is 16.1. The molecule has 0 saturated heterocycles. The summed E-state index contributed by atoms with van der Waals surface area (Å²) >= 11 is 0. The van der Waals surface area contributed by atoms with E-state index >= 15 is 0 Å². The van der Waals surface area contributed by atoms with E-state index in [4.69, 9.17) is 30.6 Å². The molecule has 6 N–H and O–H groups in total. The van der Waals surface area contributed by atoms with Crippen LogP contribution in [0.4, 0.5) is 0 Å². The predicted octanol–water partition coefficient (Wildman–Crippen LogP) is -0.865.